The predicted molar refractivity (Wildman–Crippen MR) is 72.6 cm³/mol. The molecule has 0 atom stereocenters. The number of sulfonamides is 1. The lowest BCUT2D eigenvalue weighted by atomic mass is 10.3. The first-order valence-electron chi connectivity index (χ1n) is 5.26. The molecule has 2 aromatic rings. The van der Waals surface area contributed by atoms with Crippen LogP contribution < -0.4 is 4.72 Å². The molecule has 102 valence electrons. The van der Waals surface area contributed by atoms with Crippen LogP contribution in [0.15, 0.2) is 32.1 Å². The summed E-state index contributed by atoms with van der Waals surface area (Å²) in [5, 5.41) is 13.4. The van der Waals surface area contributed by atoms with Crippen LogP contribution in [0.1, 0.15) is 11.5 Å². The number of hydrogen-bond acceptors (Lipinski definition) is 5. The van der Waals surface area contributed by atoms with Crippen molar-refractivity contribution >= 4 is 31.6 Å². The molecule has 0 radical (unpaired) electrons. The third kappa shape index (κ3) is 2.59. The molecule has 0 aliphatic carbocycles. The van der Waals surface area contributed by atoms with Crippen LogP contribution in [0.4, 0.5) is 5.69 Å². The van der Waals surface area contributed by atoms with Gasteiger partial charge in [-0.2, -0.15) is 0 Å². The first kappa shape index (κ1) is 13.9. The minimum absolute atomic E-state index is 0.0214. The zero-order valence-corrected chi connectivity index (χ0v) is 12.5. The Bertz CT molecular complexity index is 705. The zero-order valence-electron chi connectivity index (χ0n) is 10.1. The summed E-state index contributed by atoms with van der Waals surface area (Å²) in [6.45, 7) is 3.04. The Morgan fingerprint density at radius 2 is 2.05 bits per heavy atom. The van der Waals surface area contributed by atoms with Gasteiger partial charge in [-0.1, -0.05) is 11.2 Å². The first-order chi connectivity index (χ1) is 8.83. The number of rotatable bonds is 3. The number of halogens is 1. The Morgan fingerprint density at radius 3 is 2.63 bits per heavy atom. The minimum atomic E-state index is -3.86. The molecule has 0 saturated heterocycles. The van der Waals surface area contributed by atoms with E-state index in [1.807, 2.05) is 0 Å². The van der Waals surface area contributed by atoms with Gasteiger partial charge in [0.2, 0.25) is 0 Å². The third-order valence-corrected chi connectivity index (χ3v) is 4.72. The average Bonchev–Trinajstić information content (AvgIpc) is 2.65. The number of aryl methyl sites for hydroxylation is 2. The number of anilines is 1. The van der Waals surface area contributed by atoms with Crippen LogP contribution in [0.5, 0.6) is 5.75 Å². The van der Waals surface area contributed by atoms with Gasteiger partial charge in [0.1, 0.15) is 5.69 Å². The summed E-state index contributed by atoms with van der Waals surface area (Å²) in [6, 6.07) is 4.66. The van der Waals surface area contributed by atoms with Gasteiger partial charge in [0.25, 0.3) is 10.0 Å². The normalized spacial score (nSPS) is 11.5. The van der Waals surface area contributed by atoms with Gasteiger partial charge < -0.3 is 9.63 Å². The topological polar surface area (TPSA) is 92.4 Å². The smallest absolute Gasteiger partial charge is 0.267 e. The SMILES string of the molecule is Cc1noc(C)c1S(=O)(=O)Nc1cccc(Br)c1O. The van der Waals surface area contributed by atoms with E-state index in [0.29, 0.717) is 4.47 Å². The molecule has 8 heteroatoms. The molecular formula is C11H11BrN2O4S. The second kappa shape index (κ2) is 4.86. The maximum absolute atomic E-state index is 12.2. The number of hydrogen-bond donors (Lipinski definition) is 2. The van der Waals surface area contributed by atoms with E-state index in [9.17, 15) is 13.5 Å². The fourth-order valence-corrected chi connectivity index (χ4v) is 3.42. The number of nitrogens with zero attached hydrogens (tertiary/aromatic N) is 1. The number of aromatic nitrogens is 1. The van der Waals surface area contributed by atoms with Gasteiger partial charge in [0, 0.05) is 0 Å². The van der Waals surface area contributed by atoms with Gasteiger partial charge in [0.15, 0.2) is 16.4 Å². The maximum atomic E-state index is 12.2. The minimum Gasteiger partial charge on any atom is -0.505 e. The van der Waals surface area contributed by atoms with Crippen molar-refractivity contribution in [2.45, 2.75) is 18.7 Å². The van der Waals surface area contributed by atoms with Gasteiger partial charge in [-0.25, -0.2) is 8.42 Å². The van der Waals surface area contributed by atoms with Crippen LogP contribution in [0, 0.1) is 13.8 Å². The molecule has 0 aliphatic heterocycles. The Hall–Kier alpha value is -1.54. The summed E-state index contributed by atoms with van der Waals surface area (Å²) in [5.41, 5.74) is 0.342. The lowest BCUT2D eigenvalue weighted by molar-refractivity contribution is 0.390. The van der Waals surface area contributed by atoms with Crippen molar-refractivity contribution in [2.24, 2.45) is 0 Å². The van der Waals surface area contributed by atoms with E-state index in [0.717, 1.165) is 0 Å². The van der Waals surface area contributed by atoms with Gasteiger partial charge >= 0.3 is 0 Å². The van der Waals surface area contributed by atoms with Crippen molar-refractivity contribution in [1.29, 1.82) is 0 Å². The number of phenolic OH excluding ortho intramolecular Hbond substituents is 1. The molecule has 2 N–H and O–H groups in total. The number of aromatic hydroxyl groups is 1. The summed E-state index contributed by atoms with van der Waals surface area (Å²) in [6.07, 6.45) is 0. The van der Waals surface area contributed by atoms with Crippen molar-refractivity contribution < 1.29 is 18.0 Å². The highest BCUT2D eigenvalue weighted by Crippen LogP contribution is 2.33. The monoisotopic (exact) mass is 346 g/mol. The Balaban J connectivity index is 2.46. The van der Waals surface area contributed by atoms with Crippen LogP contribution >= 0.6 is 15.9 Å². The van der Waals surface area contributed by atoms with E-state index < -0.39 is 10.0 Å². The van der Waals surface area contributed by atoms with E-state index in [1.165, 1.54) is 19.9 Å². The van der Waals surface area contributed by atoms with Crippen LogP contribution in [-0.2, 0) is 10.0 Å². The highest BCUT2D eigenvalue weighted by Gasteiger charge is 2.25. The van der Waals surface area contributed by atoms with Gasteiger partial charge in [0.05, 0.1) is 10.2 Å². The molecule has 0 unspecified atom stereocenters. The molecule has 2 rings (SSSR count). The summed E-state index contributed by atoms with van der Waals surface area (Å²) in [4.78, 5) is -0.0214. The maximum Gasteiger partial charge on any atom is 0.267 e. The molecule has 19 heavy (non-hydrogen) atoms. The van der Waals surface area contributed by atoms with Crippen molar-refractivity contribution in [3.8, 4) is 5.75 Å². The number of nitrogens with one attached hydrogen (secondary N) is 1. The molecule has 1 aromatic carbocycles. The van der Waals surface area contributed by atoms with Crippen molar-refractivity contribution in [1.82, 2.24) is 5.16 Å². The number of benzene rings is 1. The molecule has 0 saturated carbocycles. The second-order valence-corrected chi connectivity index (χ2v) is 6.37. The standard InChI is InChI=1S/C11H11BrN2O4S/c1-6-11(7(2)18-13-6)19(16,17)14-9-5-3-4-8(12)10(9)15/h3-5,14-15H,1-2H3. The van der Waals surface area contributed by atoms with E-state index in [4.69, 9.17) is 4.52 Å². The van der Waals surface area contributed by atoms with Crippen LogP contribution in [-0.4, -0.2) is 18.7 Å². The summed E-state index contributed by atoms with van der Waals surface area (Å²) in [5.74, 6) is 0.0114. The Morgan fingerprint density at radius 1 is 1.37 bits per heavy atom. The predicted octanol–water partition coefficient (Wildman–Crippen LogP) is 2.56. The summed E-state index contributed by atoms with van der Waals surface area (Å²) < 4.78 is 32.0. The first-order valence-corrected chi connectivity index (χ1v) is 7.53. The Labute approximate surface area is 118 Å². The van der Waals surface area contributed by atoms with Crippen LogP contribution in [0.25, 0.3) is 0 Å². The molecule has 6 nitrogen and oxygen atoms in total. The second-order valence-electron chi connectivity index (χ2n) is 3.89. The lowest BCUT2D eigenvalue weighted by Crippen LogP contribution is -2.14. The molecule has 0 bridgehead atoms. The molecule has 0 aliphatic rings. The molecular weight excluding hydrogens is 336 g/mol. The fourth-order valence-electron chi connectivity index (χ4n) is 1.65. The van der Waals surface area contributed by atoms with E-state index >= 15 is 0 Å². The summed E-state index contributed by atoms with van der Waals surface area (Å²) >= 11 is 3.12. The van der Waals surface area contributed by atoms with Gasteiger partial charge in [-0.3, -0.25) is 4.72 Å². The fraction of sp³-hybridized carbons (Fsp3) is 0.182. The number of phenols is 1. The van der Waals surface area contributed by atoms with Crippen molar-refractivity contribution in [3.63, 3.8) is 0 Å². The quantitative estimate of drug-likeness (QED) is 0.833. The Kier molecular flexibility index (Phi) is 3.55. The summed E-state index contributed by atoms with van der Waals surface area (Å²) in [7, 11) is -3.86. The average molecular weight is 347 g/mol. The van der Waals surface area contributed by atoms with Gasteiger partial charge in [-0.05, 0) is 41.9 Å². The molecule has 0 amide bonds. The highest BCUT2D eigenvalue weighted by atomic mass is 79.9. The zero-order chi connectivity index (χ0) is 14.2. The lowest BCUT2D eigenvalue weighted by Gasteiger charge is -2.09. The van der Waals surface area contributed by atoms with Gasteiger partial charge in [-0.15, -0.1) is 0 Å². The molecule has 0 fully saturated rings. The van der Waals surface area contributed by atoms with E-state index in [2.05, 4.69) is 25.8 Å². The van der Waals surface area contributed by atoms with Crippen LogP contribution in [0.2, 0.25) is 0 Å². The molecule has 1 heterocycles. The van der Waals surface area contributed by atoms with Crippen molar-refractivity contribution in [3.05, 3.63) is 34.1 Å². The molecule has 1 aromatic heterocycles. The highest BCUT2D eigenvalue weighted by molar-refractivity contribution is 9.10. The number of para-hydroxylation sites is 1. The van der Waals surface area contributed by atoms with Crippen molar-refractivity contribution in [2.75, 3.05) is 4.72 Å². The van der Waals surface area contributed by atoms with Crippen LogP contribution in [0.3, 0.4) is 0 Å². The van der Waals surface area contributed by atoms with E-state index in [1.54, 1.807) is 12.1 Å². The molecule has 0 spiro atoms. The third-order valence-electron chi connectivity index (χ3n) is 2.47. The largest absolute Gasteiger partial charge is 0.505 e. The van der Waals surface area contributed by atoms with E-state index in [-0.39, 0.29) is 27.8 Å².